The van der Waals surface area contributed by atoms with Crippen molar-refractivity contribution in [1.82, 2.24) is 0 Å². The molecular weight excluding hydrogens is 358 g/mol. The van der Waals surface area contributed by atoms with Gasteiger partial charge in [0.2, 0.25) is 0 Å². The van der Waals surface area contributed by atoms with Crippen LogP contribution in [0.3, 0.4) is 0 Å². The van der Waals surface area contributed by atoms with Crippen molar-refractivity contribution < 1.29 is 22.2 Å². The summed E-state index contributed by atoms with van der Waals surface area (Å²) in [5.41, 5.74) is -0.324. The minimum atomic E-state index is -4.76. The van der Waals surface area contributed by atoms with Crippen LogP contribution in [0.1, 0.15) is 13.8 Å². The molecule has 1 heterocycles. The molecule has 1 aromatic carbocycles. The first-order chi connectivity index (χ1) is 10.7. The number of hydrogen-bond acceptors (Lipinski definition) is 6. The van der Waals surface area contributed by atoms with Gasteiger partial charge in [0.05, 0.1) is 4.91 Å². The molecule has 0 fully saturated rings. The van der Waals surface area contributed by atoms with E-state index in [9.17, 15) is 17.9 Å². The van der Waals surface area contributed by atoms with Crippen LogP contribution in [0.4, 0.5) is 5.69 Å². The lowest BCUT2D eigenvalue weighted by atomic mass is 10.3. The lowest BCUT2D eigenvalue weighted by molar-refractivity contribution is -0.695. The number of rotatable bonds is 5. The SMILES string of the molecule is CSC1=CC(C)=S(O[N+](=O)c2ccccc2S(=O)(=O)[O-])C(C)=C1. The Balaban J connectivity index is 2.39. The highest BCUT2D eigenvalue weighted by atomic mass is 32.2. The monoisotopic (exact) mass is 373 g/mol. The molecule has 0 aliphatic carbocycles. The van der Waals surface area contributed by atoms with Crippen molar-refractivity contribution in [3.8, 4) is 0 Å². The zero-order chi connectivity index (χ0) is 17.2. The third kappa shape index (κ3) is 4.11. The summed E-state index contributed by atoms with van der Waals surface area (Å²) in [6.07, 6.45) is 5.76. The summed E-state index contributed by atoms with van der Waals surface area (Å²) in [6, 6.07) is 5.16. The van der Waals surface area contributed by atoms with Gasteiger partial charge in [-0.3, -0.25) is 0 Å². The molecule has 23 heavy (non-hydrogen) atoms. The van der Waals surface area contributed by atoms with Crippen LogP contribution >= 0.6 is 22.5 Å². The third-order valence-corrected chi connectivity index (χ3v) is 6.27. The van der Waals surface area contributed by atoms with Crippen molar-refractivity contribution in [2.45, 2.75) is 18.7 Å². The van der Waals surface area contributed by atoms with Crippen molar-refractivity contribution >= 4 is 43.2 Å². The molecule has 1 aliphatic heterocycles. The van der Waals surface area contributed by atoms with Crippen LogP contribution in [0.15, 0.2) is 51.1 Å². The lowest BCUT2D eigenvalue weighted by Crippen LogP contribution is -2.08. The molecule has 124 valence electrons. The van der Waals surface area contributed by atoms with Gasteiger partial charge in [-0.25, -0.2) is 8.42 Å². The van der Waals surface area contributed by atoms with E-state index in [2.05, 4.69) is 0 Å². The summed E-state index contributed by atoms with van der Waals surface area (Å²) in [7, 11) is -5.68. The van der Waals surface area contributed by atoms with Crippen LogP contribution in [-0.4, -0.2) is 29.0 Å². The smallest absolute Gasteiger partial charge is 0.335 e. The van der Waals surface area contributed by atoms with Gasteiger partial charge in [0.25, 0.3) is 4.92 Å². The molecule has 0 saturated carbocycles. The number of allylic oxidation sites excluding steroid dienone is 3. The Morgan fingerprint density at radius 3 is 2.43 bits per heavy atom. The standard InChI is InChI=1S/C14H15NO5S3/c1-10-8-12(21-3)9-11(2)22(10)20-15(16)13-6-4-5-7-14(13)23(17,18)19/h4-9H,1-3H3. The predicted octanol–water partition coefficient (Wildman–Crippen LogP) is 3.47. The van der Waals surface area contributed by atoms with Crippen LogP contribution in [0.5, 0.6) is 0 Å². The zero-order valence-electron chi connectivity index (χ0n) is 12.7. The zero-order valence-corrected chi connectivity index (χ0v) is 15.1. The molecule has 1 aromatic rings. The maximum absolute atomic E-state index is 12.3. The molecule has 2 rings (SSSR count). The fourth-order valence-corrected chi connectivity index (χ4v) is 4.78. The largest absolute Gasteiger partial charge is 0.744 e. The Morgan fingerprint density at radius 1 is 1.22 bits per heavy atom. The topological polar surface area (TPSA) is 86.5 Å². The van der Waals surface area contributed by atoms with E-state index in [4.69, 9.17) is 4.28 Å². The number of benzene rings is 1. The minimum absolute atomic E-state index is 0.104. The van der Waals surface area contributed by atoms with Crippen LogP contribution in [0, 0.1) is 4.91 Å². The highest BCUT2D eigenvalue weighted by Crippen LogP contribution is 2.37. The van der Waals surface area contributed by atoms with E-state index in [0.29, 0.717) is 0 Å². The first kappa shape index (κ1) is 17.9. The van der Waals surface area contributed by atoms with Crippen molar-refractivity contribution in [3.05, 3.63) is 51.1 Å². The molecule has 9 heteroatoms. The molecule has 0 N–H and O–H groups in total. The van der Waals surface area contributed by atoms with Gasteiger partial charge in [0.1, 0.15) is 25.8 Å². The molecule has 0 amide bonds. The Kier molecular flexibility index (Phi) is 5.45. The average molecular weight is 373 g/mol. The molecule has 6 nitrogen and oxygen atoms in total. The number of hydrogen-bond donors (Lipinski definition) is 0. The van der Waals surface area contributed by atoms with E-state index in [1.165, 1.54) is 18.2 Å². The van der Waals surface area contributed by atoms with E-state index in [1.54, 1.807) is 11.8 Å². The molecular formula is C14H15NO5S3. The van der Waals surface area contributed by atoms with Crippen LogP contribution in [0.2, 0.25) is 0 Å². The van der Waals surface area contributed by atoms with Gasteiger partial charge in [-0.1, -0.05) is 12.1 Å². The Morgan fingerprint density at radius 2 is 1.87 bits per heavy atom. The number of thioether (sulfide) groups is 1. The van der Waals surface area contributed by atoms with Gasteiger partial charge in [0, 0.05) is 20.7 Å². The lowest BCUT2D eigenvalue weighted by Gasteiger charge is -2.13. The molecule has 1 atom stereocenters. The van der Waals surface area contributed by atoms with E-state index in [1.807, 2.05) is 32.3 Å². The molecule has 0 radical (unpaired) electrons. The number of para-hydroxylation sites is 1. The first-order valence-corrected chi connectivity index (χ1v) is 10.2. The summed E-state index contributed by atoms with van der Waals surface area (Å²) >= 11 is 1.58. The molecule has 1 unspecified atom stereocenters. The average Bonchev–Trinajstić information content (AvgIpc) is 2.49. The molecule has 0 bridgehead atoms. The van der Waals surface area contributed by atoms with E-state index in [0.717, 1.165) is 20.7 Å². The summed E-state index contributed by atoms with van der Waals surface area (Å²) in [6.45, 7) is 3.67. The normalized spacial score (nSPS) is 18.3. The fourth-order valence-electron chi connectivity index (χ4n) is 1.97. The van der Waals surface area contributed by atoms with E-state index >= 15 is 0 Å². The van der Waals surface area contributed by atoms with Gasteiger partial charge < -0.3 is 4.55 Å². The predicted molar refractivity (Wildman–Crippen MR) is 92.4 cm³/mol. The van der Waals surface area contributed by atoms with Crippen LogP contribution in [0.25, 0.3) is 0 Å². The second-order valence-electron chi connectivity index (χ2n) is 4.64. The summed E-state index contributed by atoms with van der Waals surface area (Å²) < 4.78 is 39.1. The second-order valence-corrected chi connectivity index (χ2v) is 8.84. The van der Waals surface area contributed by atoms with Crippen molar-refractivity contribution in [2.75, 3.05) is 6.26 Å². The third-order valence-electron chi connectivity index (χ3n) is 2.99. The van der Waals surface area contributed by atoms with Crippen LogP contribution < -0.4 is 0 Å². The molecule has 0 aromatic heterocycles. The van der Waals surface area contributed by atoms with Crippen LogP contribution in [-0.2, 0) is 14.4 Å². The van der Waals surface area contributed by atoms with Gasteiger partial charge in [0.15, 0.2) is 0 Å². The highest BCUT2D eigenvalue weighted by Gasteiger charge is 2.28. The minimum Gasteiger partial charge on any atom is -0.744 e. The quantitative estimate of drug-likeness (QED) is 0.446. The van der Waals surface area contributed by atoms with Gasteiger partial charge in [-0.05, 0) is 38.3 Å². The van der Waals surface area contributed by atoms with Gasteiger partial charge >= 0.3 is 5.69 Å². The maximum Gasteiger partial charge on any atom is 0.335 e. The Labute approximate surface area is 141 Å². The highest BCUT2D eigenvalue weighted by molar-refractivity contribution is 8.15. The Bertz CT molecular complexity index is 853. The van der Waals surface area contributed by atoms with Gasteiger partial charge in [-0.2, -0.15) is 4.28 Å². The molecule has 0 spiro atoms. The second kappa shape index (κ2) is 7.00. The fraction of sp³-hybridized carbons (Fsp3) is 0.214. The Hall–Kier alpha value is -1.42. The molecule has 0 saturated heterocycles. The summed E-state index contributed by atoms with van der Waals surface area (Å²) in [5, 5.41) is 0. The van der Waals surface area contributed by atoms with Crippen molar-refractivity contribution in [1.29, 1.82) is 0 Å². The first-order valence-electron chi connectivity index (χ1n) is 6.46. The van der Waals surface area contributed by atoms with Gasteiger partial charge in [-0.15, -0.1) is 11.8 Å². The van der Waals surface area contributed by atoms with Crippen molar-refractivity contribution in [3.63, 3.8) is 0 Å². The maximum atomic E-state index is 12.3. The summed E-state index contributed by atoms with van der Waals surface area (Å²) in [5.74, 6) is 0. The summed E-state index contributed by atoms with van der Waals surface area (Å²) in [4.78, 5) is 14.5. The van der Waals surface area contributed by atoms with E-state index in [-0.39, 0.29) is 10.6 Å². The van der Waals surface area contributed by atoms with E-state index < -0.39 is 25.8 Å². The number of nitrogens with zero attached hydrogens (tertiary/aromatic N) is 1. The van der Waals surface area contributed by atoms with Crippen molar-refractivity contribution in [2.24, 2.45) is 0 Å². The molecule has 1 aliphatic rings.